The summed E-state index contributed by atoms with van der Waals surface area (Å²) in [7, 11) is 0. The van der Waals surface area contributed by atoms with E-state index in [4.69, 9.17) is 4.74 Å². The summed E-state index contributed by atoms with van der Waals surface area (Å²) in [5.74, 6) is 0.166. The summed E-state index contributed by atoms with van der Waals surface area (Å²) in [6.45, 7) is 2.52. The topological polar surface area (TPSA) is 38.3 Å². The van der Waals surface area contributed by atoms with Gasteiger partial charge in [-0.05, 0) is 24.6 Å². The monoisotopic (exact) mass is 267 g/mol. The highest BCUT2D eigenvalue weighted by atomic mass is 16.5. The molecule has 0 aliphatic rings. The van der Waals surface area contributed by atoms with Gasteiger partial charge in [-0.1, -0.05) is 48.5 Å². The Morgan fingerprint density at radius 1 is 1.05 bits per heavy atom. The predicted octanol–water partition coefficient (Wildman–Crippen LogP) is 3.29. The second-order valence-electron chi connectivity index (χ2n) is 4.40. The Labute approximate surface area is 118 Å². The molecule has 3 nitrogen and oxygen atoms in total. The zero-order valence-electron chi connectivity index (χ0n) is 11.4. The number of nitrogens with one attached hydrogen (secondary N) is 1. The second kappa shape index (κ2) is 7.14. The average Bonchev–Trinajstić information content (AvgIpc) is 2.47. The van der Waals surface area contributed by atoms with Crippen molar-refractivity contribution in [2.24, 2.45) is 0 Å². The van der Waals surface area contributed by atoms with Crippen LogP contribution in [0.5, 0.6) is 5.75 Å². The highest BCUT2D eigenvalue weighted by molar-refractivity contribution is 5.84. The first-order chi connectivity index (χ1) is 9.74. The first-order valence-corrected chi connectivity index (χ1v) is 6.47. The Bertz CT molecular complexity index is 576. The van der Waals surface area contributed by atoms with Crippen molar-refractivity contribution in [3.8, 4) is 5.75 Å². The number of allylic oxidation sites excluding steroid dienone is 1. The summed E-state index contributed by atoms with van der Waals surface area (Å²) in [5.41, 5.74) is 1.94. The van der Waals surface area contributed by atoms with Crippen LogP contribution in [0.15, 0.2) is 72.4 Å². The molecular formula is C17H17NO2. The van der Waals surface area contributed by atoms with E-state index in [-0.39, 0.29) is 5.97 Å². The van der Waals surface area contributed by atoms with Gasteiger partial charge in [-0.15, -0.1) is 0 Å². The third kappa shape index (κ3) is 4.61. The lowest BCUT2D eigenvalue weighted by atomic mass is 10.2. The van der Waals surface area contributed by atoms with Crippen LogP contribution in [-0.4, -0.2) is 5.97 Å². The van der Waals surface area contributed by atoms with Gasteiger partial charge in [0, 0.05) is 18.3 Å². The molecule has 2 aromatic rings. The molecule has 0 atom stereocenters. The van der Waals surface area contributed by atoms with Gasteiger partial charge in [0.1, 0.15) is 5.75 Å². The molecule has 1 N–H and O–H groups in total. The van der Waals surface area contributed by atoms with E-state index in [1.165, 1.54) is 6.08 Å². The summed E-state index contributed by atoms with van der Waals surface area (Å²) < 4.78 is 5.18. The minimum atomic E-state index is -0.380. The van der Waals surface area contributed by atoms with Crippen molar-refractivity contribution in [3.63, 3.8) is 0 Å². The molecule has 0 fully saturated rings. The van der Waals surface area contributed by atoms with Gasteiger partial charge >= 0.3 is 5.97 Å². The number of carbonyl (C=O) groups excluding carboxylic acids is 1. The van der Waals surface area contributed by atoms with E-state index in [2.05, 4.69) is 5.32 Å². The van der Waals surface area contributed by atoms with E-state index in [0.717, 1.165) is 11.3 Å². The minimum Gasteiger partial charge on any atom is -0.423 e. The van der Waals surface area contributed by atoms with Crippen LogP contribution in [0.3, 0.4) is 0 Å². The molecule has 0 spiro atoms. The Morgan fingerprint density at radius 3 is 2.30 bits per heavy atom. The van der Waals surface area contributed by atoms with Crippen molar-refractivity contribution >= 4 is 5.97 Å². The molecule has 0 aliphatic heterocycles. The number of ether oxygens (including phenoxy) is 1. The lowest BCUT2D eigenvalue weighted by Crippen LogP contribution is -2.14. The lowest BCUT2D eigenvalue weighted by molar-refractivity contribution is -0.129. The Morgan fingerprint density at radius 2 is 1.65 bits per heavy atom. The Hall–Kier alpha value is -2.55. The number of benzene rings is 2. The molecular weight excluding hydrogens is 250 g/mol. The fraction of sp³-hybridized carbons (Fsp3) is 0.118. The molecule has 0 aromatic heterocycles. The number of carbonyl (C=O) groups is 1. The first kappa shape index (κ1) is 13.9. The van der Waals surface area contributed by atoms with Gasteiger partial charge in [0.15, 0.2) is 0 Å². The van der Waals surface area contributed by atoms with Crippen molar-refractivity contribution in [2.45, 2.75) is 13.5 Å². The molecule has 0 heterocycles. The smallest absolute Gasteiger partial charge is 0.337 e. The van der Waals surface area contributed by atoms with Crippen molar-refractivity contribution < 1.29 is 9.53 Å². The zero-order valence-corrected chi connectivity index (χ0v) is 11.4. The van der Waals surface area contributed by atoms with Gasteiger partial charge in [-0.3, -0.25) is 0 Å². The summed E-state index contributed by atoms with van der Waals surface area (Å²) in [5, 5.41) is 3.18. The Balaban J connectivity index is 1.85. The van der Waals surface area contributed by atoms with E-state index in [1.807, 2.05) is 55.5 Å². The molecule has 0 bridgehead atoms. The molecule has 0 radical (unpaired) electrons. The molecule has 0 aliphatic carbocycles. The largest absolute Gasteiger partial charge is 0.423 e. The van der Waals surface area contributed by atoms with Crippen LogP contribution in [-0.2, 0) is 11.3 Å². The van der Waals surface area contributed by atoms with E-state index < -0.39 is 0 Å². The van der Waals surface area contributed by atoms with Crippen molar-refractivity contribution in [1.29, 1.82) is 0 Å². The maximum Gasteiger partial charge on any atom is 0.337 e. The SMILES string of the molecule is C/C(=C/C(=O)Oc1ccccc1)NCc1ccccc1. The fourth-order valence-electron chi connectivity index (χ4n) is 1.70. The van der Waals surface area contributed by atoms with Gasteiger partial charge in [0.2, 0.25) is 0 Å². The normalized spacial score (nSPS) is 10.9. The van der Waals surface area contributed by atoms with Crippen molar-refractivity contribution in [3.05, 3.63) is 78.0 Å². The fourth-order valence-corrected chi connectivity index (χ4v) is 1.70. The van der Waals surface area contributed by atoms with Crippen LogP contribution in [0.1, 0.15) is 12.5 Å². The first-order valence-electron chi connectivity index (χ1n) is 6.47. The van der Waals surface area contributed by atoms with Gasteiger partial charge in [-0.2, -0.15) is 0 Å². The molecule has 0 saturated heterocycles. The predicted molar refractivity (Wildman–Crippen MR) is 79.1 cm³/mol. The summed E-state index contributed by atoms with van der Waals surface area (Å²) >= 11 is 0. The number of esters is 1. The van der Waals surface area contributed by atoms with Crippen molar-refractivity contribution in [2.75, 3.05) is 0 Å². The number of hydrogen-bond donors (Lipinski definition) is 1. The van der Waals surface area contributed by atoms with Crippen LogP contribution in [0, 0.1) is 0 Å². The average molecular weight is 267 g/mol. The highest BCUT2D eigenvalue weighted by Gasteiger charge is 2.01. The summed E-state index contributed by atoms with van der Waals surface area (Å²) in [4.78, 5) is 11.7. The third-order valence-electron chi connectivity index (χ3n) is 2.71. The van der Waals surface area contributed by atoms with Gasteiger partial charge in [0.25, 0.3) is 0 Å². The number of para-hydroxylation sites is 1. The minimum absolute atomic E-state index is 0.380. The van der Waals surface area contributed by atoms with Gasteiger partial charge in [0.05, 0.1) is 0 Å². The molecule has 20 heavy (non-hydrogen) atoms. The van der Waals surface area contributed by atoms with Crippen LogP contribution in [0.2, 0.25) is 0 Å². The highest BCUT2D eigenvalue weighted by Crippen LogP contribution is 2.09. The van der Waals surface area contributed by atoms with Crippen LogP contribution in [0.25, 0.3) is 0 Å². The zero-order chi connectivity index (χ0) is 14.2. The third-order valence-corrected chi connectivity index (χ3v) is 2.71. The second-order valence-corrected chi connectivity index (χ2v) is 4.40. The van der Waals surface area contributed by atoms with Gasteiger partial charge in [-0.25, -0.2) is 4.79 Å². The molecule has 0 unspecified atom stereocenters. The molecule has 2 aromatic carbocycles. The maximum absolute atomic E-state index is 11.7. The van der Waals surface area contributed by atoms with E-state index >= 15 is 0 Å². The van der Waals surface area contributed by atoms with Crippen LogP contribution >= 0.6 is 0 Å². The number of rotatable bonds is 5. The standard InChI is InChI=1S/C17H17NO2/c1-14(18-13-15-8-4-2-5-9-15)12-17(19)20-16-10-6-3-7-11-16/h2-12,18H,13H2,1H3/b14-12-. The molecule has 102 valence electrons. The van der Waals surface area contributed by atoms with E-state index in [9.17, 15) is 4.79 Å². The van der Waals surface area contributed by atoms with Gasteiger partial charge < -0.3 is 10.1 Å². The number of hydrogen-bond acceptors (Lipinski definition) is 3. The van der Waals surface area contributed by atoms with Crippen LogP contribution in [0.4, 0.5) is 0 Å². The molecule has 3 heteroatoms. The lowest BCUT2D eigenvalue weighted by Gasteiger charge is -2.06. The van der Waals surface area contributed by atoms with Crippen molar-refractivity contribution in [1.82, 2.24) is 5.32 Å². The Kier molecular flexibility index (Phi) is 4.95. The molecule has 0 amide bonds. The summed E-state index contributed by atoms with van der Waals surface area (Å²) in [6.07, 6.45) is 1.45. The maximum atomic E-state index is 11.7. The van der Waals surface area contributed by atoms with Crippen LogP contribution < -0.4 is 10.1 Å². The summed E-state index contributed by atoms with van der Waals surface area (Å²) in [6, 6.07) is 19.0. The van der Waals surface area contributed by atoms with E-state index in [1.54, 1.807) is 12.1 Å². The quantitative estimate of drug-likeness (QED) is 0.513. The molecule has 0 saturated carbocycles. The van der Waals surface area contributed by atoms with E-state index in [0.29, 0.717) is 12.3 Å². The molecule has 2 rings (SSSR count).